The summed E-state index contributed by atoms with van der Waals surface area (Å²) in [5.74, 6) is 1.36. The van der Waals surface area contributed by atoms with Crippen LogP contribution in [0.4, 0.5) is 0 Å². The molecule has 0 amide bonds. The molecule has 29 heavy (non-hydrogen) atoms. The van der Waals surface area contributed by atoms with Crippen LogP contribution < -0.4 is 9.47 Å². The zero-order valence-corrected chi connectivity index (χ0v) is 16.9. The average molecular weight is 402 g/mol. The minimum Gasteiger partial charge on any atom is -0.491 e. The van der Waals surface area contributed by atoms with Crippen molar-refractivity contribution in [3.63, 3.8) is 0 Å². The van der Waals surface area contributed by atoms with Crippen LogP contribution in [0, 0.1) is 6.92 Å². The SMILES string of the molecule is C=CCOCC(O)COc1ccc2c(OCC(O)COCC=C)c(C)ccc2c1. The van der Waals surface area contributed by atoms with Crippen LogP contribution in [0.2, 0.25) is 0 Å². The normalized spacial score (nSPS) is 13.1. The molecule has 6 nitrogen and oxygen atoms in total. The van der Waals surface area contributed by atoms with Crippen molar-refractivity contribution in [3.05, 3.63) is 61.2 Å². The molecule has 0 heterocycles. The summed E-state index contributed by atoms with van der Waals surface area (Å²) in [6.45, 7) is 10.5. The predicted octanol–water partition coefficient (Wildman–Crippen LogP) is 3.03. The highest BCUT2D eigenvalue weighted by Crippen LogP contribution is 2.32. The summed E-state index contributed by atoms with van der Waals surface area (Å²) in [6, 6.07) is 9.57. The molecular weight excluding hydrogens is 372 g/mol. The molecule has 2 N–H and O–H groups in total. The third-order valence-corrected chi connectivity index (χ3v) is 4.09. The molecule has 0 aromatic heterocycles. The van der Waals surface area contributed by atoms with E-state index in [-0.39, 0.29) is 26.4 Å². The Morgan fingerprint density at radius 1 is 0.862 bits per heavy atom. The Labute approximate surface area is 172 Å². The Balaban J connectivity index is 1.99. The molecule has 0 aliphatic carbocycles. The number of benzene rings is 2. The maximum absolute atomic E-state index is 10.00. The van der Waals surface area contributed by atoms with Gasteiger partial charge >= 0.3 is 0 Å². The molecule has 6 heteroatoms. The number of aliphatic hydroxyl groups is 2. The van der Waals surface area contributed by atoms with Gasteiger partial charge in [-0.2, -0.15) is 0 Å². The van der Waals surface area contributed by atoms with Crippen molar-refractivity contribution >= 4 is 10.8 Å². The topological polar surface area (TPSA) is 77.4 Å². The van der Waals surface area contributed by atoms with Gasteiger partial charge in [-0.15, -0.1) is 13.2 Å². The van der Waals surface area contributed by atoms with E-state index < -0.39 is 12.2 Å². The van der Waals surface area contributed by atoms with Gasteiger partial charge in [-0.1, -0.05) is 24.3 Å². The van der Waals surface area contributed by atoms with Crippen molar-refractivity contribution in [2.24, 2.45) is 0 Å². The molecule has 2 aromatic rings. The first-order chi connectivity index (χ1) is 14.0. The van der Waals surface area contributed by atoms with Gasteiger partial charge in [0.05, 0.1) is 26.4 Å². The van der Waals surface area contributed by atoms with Crippen LogP contribution in [-0.2, 0) is 9.47 Å². The minimum atomic E-state index is -0.725. The first kappa shape index (κ1) is 22.9. The standard InChI is InChI=1S/C23H30O6/c1-4-10-26-13-19(24)15-28-21-8-9-22-18(12-21)7-6-17(3)23(22)29-16-20(25)14-27-11-5-2/h4-9,12,19-20,24-25H,1-2,10-11,13-16H2,3H3. The molecule has 2 aromatic carbocycles. The molecule has 0 aliphatic heterocycles. The van der Waals surface area contributed by atoms with E-state index >= 15 is 0 Å². The van der Waals surface area contributed by atoms with E-state index in [0.717, 1.165) is 22.1 Å². The largest absolute Gasteiger partial charge is 0.491 e. The first-order valence-electron chi connectivity index (χ1n) is 9.57. The van der Waals surface area contributed by atoms with Crippen molar-refractivity contribution in [3.8, 4) is 11.5 Å². The van der Waals surface area contributed by atoms with Crippen LogP contribution in [0.1, 0.15) is 5.56 Å². The Hall–Kier alpha value is -2.38. The van der Waals surface area contributed by atoms with Crippen molar-refractivity contribution in [1.82, 2.24) is 0 Å². The second-order valence-electron chi connectivity index (χ2n) is 6.68. The fraction of sp³-hybridized carbons (Fsp3) is 0.391. The van der Waals surface area contributed by atoms with Gasteiger partial charge in [-0.25, -0.2) is 0 Å². The van der Waals surface area contributed by atoms with E-state index in [9.17, 15) is 10.2 Å². The van der Waals surface area contributed by atoms with E-state index in [2.05, 4.69) is 13.2 Å². The first-order valence-corrected chi connectivity index (χ1v) is 9.57. The number of hydrogen-bond donors (Lipinski definition) is 2. The van der Waals surface area contributed by atoms with E-state index in [1.807, 2.05) is 37.3 Å². The van der Waals surface area contributed by atoms with E-state index in [4.69, 9.17) is 18.9 Å². The number of aryl methyl sites for hydroxylation is 1. The van der Waals surface area contributed by atoms with Gasteiger partial charge in [0, 0.05) is 5.39 Å². The molecule has 2 unspecified atom stereocenters. The summed E-state index contributed by atoms with van der Waals surface area (Å²) >= 11 is 0. The quantitative estimate of drug-likeness (QED) is 0.374. The summed E-state index contributed by atoms with van der Waals surface area (Å²) in [5.41, 5.74) is 0.972. The highest BCUT2D eigenvalue weighted by Gasteiger charge is 2.12. The summed E-state index contributed by atoms with van der Waals surface area (Å²) in [5, 5.41) is 21.8. The molecule has 2 atom stereocenters. The molecule has 0 aliphatic rings. The van der Waals surface area contributed by atoms with Gasteiger partial charge in [0.1, 0.15) is 36.9 Å². The summed E-state index contributed by atoms with van der Waals surface area (Å²) in [4.78, 5) is 0. The van der Waals surface area contributed by atoms with Crippen LogP contribution in [0.3, 0.4) is 0 Å². The molecule has 2 rings (SSSR count). The smallest absolute Gasteiger partial charge is 0.130 e. The third-order valence-electron chi connectivity index (χ3n) is 4.09. The highest BCUT2D eigenvalue weighted by atomic mass is 16.5. The van der Waals surface area contributed by atoms with Gasteiger partial charge in [0.25, 0.3) is 0 Å². The molecular formula is C23H30O6. The fourth-order valence-electron chi connectivity index (χ4n) is 2.71. The lowest BCUT2D eigenvalue weighted by atomic mass is 10.1. The predicted molar refractivity (Wildman–Crippen MR) is 114 cm³/mol. The van der Waals surface area contributed by atoms with Crippen LogP contribution >= 0.6 is 0 Å². The summed E-state index contributed by atoms with van der Waals surface area (Å²) in [6.07, 6.45) is 1.82. The maximum atomic E-state index is 10.00. The number of hydrogen-bond acceptors (Lipinski definition) is 6. The van der Waals surface area contributed by atoms with E-state index in [1.54, 1.807) is 12.2 Å². The van der Waals surface area contributed by atoms with Crippen molar-refractivity contribution in [2.75, 3.05) is 39.6 Å². The molecule has 0 saturated carbocycles. The van der Waals surface area contributed by atoms with Crippen molar-refractivity contribution in [1.29, 1.82) is 0 Å². The third kappa shape index (κ3) is 7.51. The number of rotatable bonds is 14. The number of fused-ring (bicyclic) bond motifs is 1. The summed E-state index contributed by atoms with van der Waals surface area (Å²) in [7, 11) is 0. The maximum Gasteiger partial charge on any atom is 0.130 e. The van der Waals surface area contributed by atoms with E-state index in [1.165, 1.54) is 0 Å². The highest BCUT2D eigenvalue weighted by molar-refractivity contribution is 5.90. The minimum absolute atomic E-state index is 0.131. The lowest BCUT2D eigenvalue weighted by molar-refractivity contribution is 0.0213. The number of aliphatic hydroxyl groups excluding tert-OH is 2. The van der Waals surface area contributed by atoms with Crippen LogP contribution in [0.15, 0.2) is 55.6 Å². The van der Waals surface area contributed by atoms with Gasteiger partial charge in [0.15, 0.2) is 0 Å². The molecule has 0 bridgehead atoms. The van der Waals surface area contributed by atoms with Crippen LogP contribution in [-0.4, -0.2) is 62.1 Å². The van der Waals surface area contributed by atoms with E-state index in [0.29, 0.717) is 19.0 Å². The molecule has 0 spiro atoms. The lowest BCUT2D eigenvalue weighted by Crippen LogP contribution is -2.23. The van der Waals surface area contributed by atoms with Crippen LogP contribution in [0.5, 0.6) is 11.5 Å². The monoisotopic (exact) mass is 402 g/mol. The molecule has 0 saturated heterocycles. The zero-order valence-electron chi connectivity index (χ0n) is 16.9. The zero-order chi connectivity index (χ0) is 21.1. The van der Waals surface area contributed by atoms with Crippen molar-refractivity contribution < 1.29 is 29.2 Å². The van der Waals surface area contributed by atoms with Crippen LogP contribution in [0.25, 0.3) is 10.8 Å². The summed E-state index contributed by atoms with van der Waals surface area (Å²) < 4.78 is 22.0. The van der Waals surface area contributed by atoms with Gasteiger partial charge < -0.3 is 29.2 Å². The Kier molecular flexibility index (Phi) is 9.67. The lowest BCUT2D eigenvalue weighted by Gasteiger charge is -2.17. The fourth-order valence-corrected chi connectivity index (χ4v) is 2.71. The molecule has 0 radical (unpaired) electrons. The van der Waals surface area contributed by atoms with Gasteiger partial charge in [-0.05, 0) is 36.1 Å². The Bertz CT molecular complexity index is 788. The molecule has 158 valence electrons. The van der Waals surface area contributed by atoms with Gasteiger partial charge in [0.2, 0.25) is 0 Å². The Morgan fingerprint density at radius 2 is 1.48 bits per heavy atom. The van der Waals surface area contributed by atoms with Gasteiger partial charge in [-0.3, -0.25) is 0 Å². The number of ether oxygens (including phenoxy) is 4. The second kappa shape index (κ2) is 12.2. The molecule has 0 fully saturated rings. The second-order valence-corrected chi connectivity index (χ2v) is 6.68. The van der Waals surface area contributed by atoms with Crippen molar-refractivity contribution in [2.45, 2.75) is 19.1 Å². The Morgan fingerprint density at radius 3 is 2.10 bits per heavy atom. The average Bonchev–Trinajstić information content (AvgIpc) is 2.72.